The van der Waals surface area contributed by atoms with Gasteiger partial charge in [-0.15, -0.1) is 4.39 Å². The molecule has 1 saturated carbocycles. The van der Waals surface area contributed by atoms with E-state index in [1.165, 1.54) is 6.42 Å². The van der Waals surface area contributed by atoms with Gasteiger partial charge in [0.05, 0.1) is 0 Å². The predicted octanol–water partition coefficient (Wildman–Crippen LogP) is 3.27. The molecule has 2 nitrogen and oxygen atoms in total. The highest BCUT2D eigenvalue weighted by atomic mass is 19.1. The molecule has 3 heteroatoms. The molecule has 0 aromatic carbocycles. The van der Waals surface area contributed by atoms with Crippen LogP contribution in [0.1, 0.15) is 47.0 Å². The van der Waals surface area contributed by atoms with Crippen LogP contribution in [-0.4, -0.2) is 12.2 Å². The average molecular weight is 201 g/mol. The van der Waals surface area contributed by atoms with Gasteiger partial charge in [-0.3, -0.25) is 0 Å². The normalized spacial score (nSPS) is 22.4. The third-order valence-corrected chi connectivity index (χ3v) is 3.32. The van der Waals surface area contributed by atoms with E-state index in [1.807, 2.05) is 20.8 Å². The second kappa shape index (κ2) is 3.52. The number of nitrogens with one attached hydrogen (secondary N) is 1. The van der Waals surface area contributed by atoms with Crippen molar-refractivity contribution in [1.29, 1.82) is 0 Å². The van der Waals surface area contributed by atoms with Crippen LogP contribution in [0.15, 0.2) is 0 Å². The van der Waals surface area contributed by atoms with Gasteiger partial charge >= 0.3 is 6.16 Å². The number of halogens is 1. The van der Waals surface area contributed by atoms with Crippen molar-refractivity contribution in [1.82, 2.24) is 5.32 Å². The van der Waals surface area contributed by atoms with Crippen molar-refractivity contribution in [2.75, 3.05) is 0 Å². The first-order valence-electron chi connectivity index (χ1n) is 5.22. The summed E-state index contributed by atoms with van der Waals surface area (Å²) in [5.74, 6) is 0. The topological polar surface area (TPSA) is 29.1 Å². The molecule has 0 saturated heterocycles. The lowest BCUT2D eigenvalue weighted by Crippen LogP contribution is -2.55. The van der Waals surface area contributed by atoms with E-state index in [-0.39, 0.29) is 16.9 Å². The summed E-state index contributed by atoms with van der Waals surface area (Å²) in [5, 5.41) is 2.46. The molecular weight excluding hydrogens is 181 g/mol. The number of rotatable bonds is 2. The molecule has 0 spiro atoms. The number of carbonyl (C=O) groups is 1. The zero-order valence-corrected chi connectivity index (χ0v) is 9.48. The van der Waals surface area contributed by atoms with Crippen LogP contribution in [0.25, 0.3) is 0 Å². The molecule has 1 aliphatic rings. The summed E-state index contributed by atoms with van der Waals surface area (Å²) in [6, 6.07) is -0.0683. The molecule has 0 bridgehead atoms. The zero-order valence-electron chi connectivity index (χ0n) is 9.48. The zero-order chi connectivity index (χ0) is 11.0. The Bertz CT molecular complexity index is 228. The summed E-state index contributed by atoms with van der Waals surface area (Å²) in [4.78, 5) is 10.5. The first-order chi connectivity index (χ1) is 6.26. The van der Waals surface area contributed by atoms with Crippen LogP contribution in [0.5, 0.6) is 0 Å². The summed E-state index contributed by atoms with van der Waals surface area (Å²) >= 11 is 0. The smallest absolute Gasteiger partial charge is 0.324 e. The fraction of sp³-hybridized carbons (Fsp3) is 0.909. The molecule has 82 valence electrons. The molecule has 0 radical (unpaired) electrons. The molecular formula is C11H20FNO. The first-order valence-corrected chi connectivity index (χ1v) is 5.22. The van der Waals surface area contributed by atoms with E-state index in [0.29, 0.717) is 0 Å². The maximum absolute atomic E-state index is 12.4. The molecule has 1 aliphatic carbocycles. The van der Waals surface area contributed by atoms with Gasteiger partial charge in [-0.25, -0.2) is 4.79 Å². The van der Waals surface area contributed by atoms with Crippen molar-refractivity contribution in [2.24, 2.45) is 10.8 Å². The predicted molar refractivity (Wildman–Crippen MR) is 54.8 cm³/mol. The Kier molecular flexibility index (Phi) is 2.88. The van der Waals surface area contributed by atoms with Crippen molar-refractivity contribution in [3.8, 4) is 0 Å². The van der Waals surface area contributed by atoms with Gasteiger partial charge in [-0.2, -0.15) is 0 Å². The number of hydrogen-bond acceptors (Lipinski definition) is 1. The van der Waals surface area contributed by atoms with Gasteiger partial charge in [0.2, 0.25) is 0 Å². The average Bonchev–Trinajstić information content (AvgIpc) is 1.93. The van der Waals surface area contributed by atoms with Crippen molar-refractivity contribution in [2.45, 2.75) is 53.0 Å². The minimum absolute atomic E-state index is 0.0683. The Hall–Kier alpha value is -0.600. The monoisotopic (exact) mass is 201 g/mol. The Morgan fingerprint density at radius 2 is 1.93 bits per heavy atom. The van der Waals surface area contributed by atoms with E-state index in [0.717, 1.165) is 12.8 Å². The van der Waals surface area contributed by atoms with Crippen molar-refractivity contribution in [3.05, 3.63) is 0 Å². The van der Waals surface area contributed by atoms with E-state index >= 15 is 0 Å². The van der Waals surface area contributed by atoms with Crippen LogP contribution >= 0.6 is 0 Å². The summed E-state index contributed by atoms with van der Waals surface area (Å²) < 4.78 is 12.4. The molecule has 1 unspecified atom stereocenters. The third kappa shape index (κ3) is 2.25. The molecule has 1 fully saturated rings. The second-order valence-electron chi connectivity index (χ2n) is 5.72. The minimum atomic E-state index is -1.40. The highest BCUT2D eigenvalue weighted by Crippen LogP contribution is 2.48. The second-order valence-corrected chi connectivity index (χ2v) is 5.72. The van der Waals surface area contributed by atoms with Gasteiger partial charge in [0.1, 0.15) is 0 Å². The van der Waals surface area contributed by atoms with E-state index in [4.69, 9.17) is 0 Å². The lowest BCUT2D eigenvalue weighted by molar-refractivity contribution is 0.0380. The van der Waals surface area contributed by atoms with Gasteiger partial charge in [0, 0.05) is 6.04 Å². The van der Waals surface area contributed by atoms with Crippen molar-refractivity contribution in [3.63, 3.8) is 0 Å². The number of amides is 1. The van der Waals surface area contributed by atoms with Crippen LogP contribution in [0.3, 0.4) is 0 Å². The molecule has 1 rings (SSSR count). The van der Waals surface area contributed by atoms with Crippen LogP contribution in [0.4, 0.5) is 9.18 Å². The maximum atomic E-state index is 12.4. The molecule has 0 heterocycles. The number of carbonyl (C=O) groups excluding carboxylic acids is 1. The third-order valence-electron chi connectivity index (χ3n) is 3.32. The fourth-order valence-electron chi connectivity index (χ4n) is 2.57. The van der Waals surface area contributed by atoms with Gasteiger partial charge in [-0.05, 0) is 23.7 Å². The highest BCUT2D eigenvalue weighted by Gasteiger charge is 2.45. The first kappa shape index (κ1) is 11.5. The summed E-state index contributed by atoms with van der Waals surface area (Å²) in [7, 11) is 0. The Labute approximate surface area is 85.3 Å². The van der Waals surface area contributed by atoms with Gasteiger partial charge in [-0.1, -0.05) is 34.1 Å². The van der Waals surface area contributed by atoms with Gasteiger partial charge < -0.3 is 5.32 Å². The Balaban J connectivity index is 2.76. The van der Waals surface area contributed by atoms with Crippen LogP contribution in [0.2, 0.25) is 0 Å². The molecule has 0 aromatic heterocycles. The fourth-order valence-corrected chi connectivity index (χ4v) is 2.57. The van der Waals surface area contributed by atoms with Crippen molar-refractivity contribution < 1.29 is 9.18 Å². The molecule has 0 aliphatic heterocycles. The van der Waals surface area contributed by atoms with Crippen molar-refractivity contribution >= 4 is 6.16 Å². The largest absolute Gasteiger partial charge is 0.397 e. The summed E-state index contributed by atoms with van der Waals surface area (Å²) in [6.07, 6.45) is 1.94. The summed E-state index contributed by atoms with van der Waals surface area (Å²) in [6.45, 7) is 8.24. The SMILES string of the molecule is CC(C)(C)C(NC(=O)F)C1(C)CCC1. The lowest BCUT2D eigenvalue weighted by atomic mass is 9.59. The molecule has 0 aromatic rings. The van der Waals surface area contributed by atoms with E-state index < -0.39 is 6.16 Å². The van der Waals surface area contributed by atoms with Crippen LogP contribution in [-0.2, 0) is 0 Å². The molecule has 1 N–H and O–H groups in total. The minimum Gasteiger partial charge on any atom is -0.324 e. The summed E-state index contributed by atoms with van der Waals surface area (Å²) in [5.41, 5.74) is -0.00306. The van der Waals surface area contributed by atoms with Gasteiger partial charge in [0.25, 0.3) is 0 Å². The van der Waals surface area contributed by atoms with Gasteiger partial charge in [0.15, 0.2) is 0 Å². The standard InChI is InChI=1S/C11H20FNO/c1-10(2,3)8(13-9(12)14)11(4)6-5-7-11/h8H,5-7H2,1-4H3,(H,13,14). The maximum Gasteiger partial charge on any atom is 0.397 e. The van der Waals surface area contributed by atoms with Crippen LogP contribution in [0, 0.1) is 10.8 Å². The van der Waals surface area contributed by atoms with E-state index in [1.54, 1.807) is 0 Å². The van der Waals surface area contributed by atoms with E-state index in [9.17, 15) is 9.18 Å². The Morgan fingerprint density at radius 3 is 2.14 bits per heavy atom. The molecule has 1 amide bonds. The lowest BCUT2D eigenvalue weighted by Gasteiger charge is -2.50. The Morgan fingerprint density at radius 1 is 1.43 bits per heavy atom. The number of hydrogen-bond donors (Lipinski definition) is 1. The molecule has 1 atom stereocenters. The molecule has 14 heavy (non-hydrogen) atoms. The quantitative estimate of drug-likeness (QED) is 0.539. The highest BCUT2D eigenvalue weighted by molar-refractivity contribution is 5.66. The van der Waals surface area contributed by atoms with Crippen LogP contribution < -0.4 is 5.32 Å². The van der Waals surface area contributed by atoms with E-state index in [2.05, 4.69) is 12.2 Å².